The molecule has 1 saturated heterocycles. The van der Waals surface area contributed by atoms with E-state index in [0.717, 1.165) is 42.3 Å². The fraction of sp³-hybridized carbons (Fsp3) is 0.556. The summed E-state index contributed by atoms with van der Waals surface area (Å²) in [5.41, 5.74) is 7.02. The van der Waals surface area contributed by atoms with Gasteiger partial charge in [0.2, 0.25) is 0 Å². The number of nitrogen functional groups attached to an aromatic ring is 1. The molecule has 0 bridgehead atoms. The minimum absolute atomic E-state index is 0.589. The Bertz CT molecular complexity index is 674. The average Bonchev–Trinajstić information content (AvgIpc) is 3.39. The first-order chi connectivity index (χ1) is 11.3. The predicted octanol–water partition coefficient (Wildman–Crippen LogP) is 2.18. The largest absolute Gasteiger partial charge is 0.383 e. The number of nitrogens with one attached hydrogen (secondary N) is 1. The summed E-state index contributed by atoms with van der Waals surface area (Å²) in [6.45, 7) is 4.23. The van der Waals surface area contributed by atoms with Gasteiger partial charge >= 0.3 is 0 Å². The normalized spacial score (nSPS) is 20.2. The van der Waals surface area contributed by atoms with E-state index in [-0.39, 0.29) is 0 Å². The minimum Gasteiger partial charge on any atom is -0.383 e. The van der Waals surface area contributed by atoms with E-state index in [9.17, 15) is 0 Å². The fourth-order valence-electron chi connectivity index (χ4n) is 3.37. The van der Waals surface area contributed by atoms with Crippen molar-refractivity contribution in [1.82, 2.24) is 20.2 Å². The third-order valence-electron chi connectivity index (χ3n) is 5.02. The Hall–Kier alpha value is -1.72. The zero-order valence-corrected chi connectivity index (χ0v) is 13.5. The van der Waals surface area contributed by atoms with Crippen LogP contribution in [-0.4, -0.2) is 40.5 Å². The summed E-state index contributed by atoms with van der Waals surface area (Å²) in [6, 6.07) is 8.64. The number of hydrogen-bond acceptors (Lipinski definition) is 5. The molecule has 122 valence electrons. The number of para-hydroxylation sites is 1. The average molecular weight is 311 g/mol. The summed E-state index contributed by atoms with van der Waals surface area (Å²) >= 11 is 0. The number of rotatable bonds is 5. The minimum atomic E-state index is 0.589. The first-order valence-electron chi connectivity index (χ1n) is 8.75. The second-order valence-electron chi connectivity index (χ2n) is 6.94. The molecule has 0 unspecified atom stereocenters. The van der Waals surface area contributed by atoms with Crippen LogP contribution in [0.4, 0.5) is 5.82 Å². The highest BCUT2D eigenvalue weighted by Gasteiger charge is 2.24. The van der Waals surface area contributed by atoms with Crippen LogP contribution in [0.5, 0.6) is 0 Å². The Balaban J connectivity index is 1.35. The van der Waals surface area contributed by atoms with Crippen LogP contribution in [0.1, 0.15) is 31.5 Å². The summed E-state index contributed by atoms with van der Waals surface area (Å²) in [7, 11) is 0. The highest BCUT2D eigenvalue weighted by molar-refractivity contribution is 5.87. The SMILES string of the molecule is Nc1nc(CN2CCC(NCC3CC3)CC2)nc2ccccc12. The highest BCUT2D eigenvalue weighted by atomic mass is 15.2. The van der Waals surface area contributed by atoms with Gasteiger partial charge in [-0.1, -0.05) is 12.1 Å². The number of likely N-dealkylation sites (tertiary alicyclic amines) is 1. The molecule has 0 atom stereocenters. The first kappa shape index (κ1) is 14.8. The molecule has 1 saturated carbocycles. The Morgan fingerprint density at radius 2 is 1.87 bits per heavy atom. The maximum absolute atomic E-state index is 6.08. The van der Waals surface area contributed by atoms with Crippen molar-refractivity contribution in [2.24, 2.45) is 5.92 Å². The van der Waals surface area contributed by atoms with E-state index in [1.807, 2.05) is 24.3 Å². The van der Waals surface area contributed by atoms with Crippen molar-refractivity contribution >= 4 is 16.7 Å². The molecule has 2 aliphatic rings. The lowest BCUT2D eigenvalue weighted by atomic mass is 10.0. The molecule has 4 rings (SSSR count). The molecule has 3 N–H and O–H groups in total. The standard InChI is InChI=1S/C18H25N5/c19-18-15-3-1-2-4-16(15)21-17(22-18)12-23-9-7-14(8-10-23)20-11-13-5-6-13/h1-4,13-14,20H,5-12H2,(H2,19,21,22). The third kappa shape index (κ3) is 3.62. The van der Waals surface area contributed by atoms with Crippen LogP contribution in [0.2, 0.25) is 0 Å². The van der Waals surface area contributed by atoms with Gasteiger partial charge in [-0.05, 0) is 50.3 Å². The Kier molecular flexibility index (Phi) is 4.14. The first-order valence-corrected chi connectivity index (χ1v) is 8.75. The van der Waals surface area contributed by atoms with Crippen molar-refractivity contribution in [1.29, 1.82) is 0 Å². The number of nitrogens with zero attached hydrogens (tertiary/aromatic N) is 3. The van der Waals surface area contributed by atoms with Crippen LogP contribution >= 0.6 is 0 Å². The van der Waals surface area contributed by atoms with Gasteiger partial charge in [-0.25, -0.2) is 9.97 Å². The molecule has 2 heterocycles. The van der Waals surface area contributed by atoms with Crippen LogP contribution in [0, 0.1) is 5.92 Å². The van der Waals surface area contributed by atoms with Crippen molar-refractivity contribution in [3.63, 3.8) is 0 Å². The molecular formula is C18H25N5. The van der Waals surface area contributed by atoms with Crippen molar-refractivity contribution < 1.29 is 0 Å². The van der Waals surface area contributed by atoms with E-state index in [1.54, 1.807) is 0 Å². The highest BCUT2D eigenvalue weighted by Crippen LogP contribution is 2.28. The van der Waals surface area contributed by atoms with E-state index < -0.39 is 0 Å². The van der Waals surface area contributed by atoms with Gasteiger partial charge in [-0.2, -0.15) is 0 Å². The Morgan fingerprint density at radius 1 is 1.09 bits per heavy atom. The van der Waals surface area contributed by atoms with Gasteiger partial charge in [0.05, 0.1) is 12.1 Å². The van der Waals surface area contributed by atoms with Gasteiger partial charge in [0.25, 0.3) is 0 Å². The summed E-state index contributed by atoms with van der Waals surface area (Å²) in [5.74, 6) is 2.39. The maximum atomic E-state index is 6.08. The van der Waals surface area contributed by atoms with E-state index in [2.05, 4.69) is 20.2 Å². The quantitative estimate of drug-likeness (QED) is 0.886. The molecule has 2 aromatic rings. The van der Waals surface area contributed by atoms with Crippen LogP contribution in [0.15, 0.2) is 24.3 Å². The number of fused-ring (bicyclic) bond motifs is 1. The fourth-order valence-corrected chi connectivity index (χ4v) is 3.37. The van der Waals surface area contributed by atoms with Crippen molar-refractivity contribution in [3.8, 4) is 0 Å². The molecule has 1 aromatic heterocycles. The van der Waals surface area contributed by atoms with Gasteiger partial charge in [0, 0.05) is 24.5 Å². The van der Waals surface area contributed by atoms with Crippen molar-refractivity contribution in [2.75, 3.05) is 25.4 Å². The lowest BCUT2D eigenvalue weighted by Gasteiger charge is -2.32. The topological polar surface area (TPSA) is 67.1 Å². The maximum Gasteiger partial charge on any atom is 0.145 e. The van der Waals surface area contributed by atoms with Crippen molar-refractivity contribution in [3.05, 3.63) is 30.1 Å². The monoisotopic (exact) mass is 311 g/mol. The van der Waals surface area contributed by atoms with Crippen LogP contribution < -0.4 is 11.1 Å². The molecule has 5 nitrogen and oxygen atoms in total. The summed E-state index contributed by atoms with van der Waals surface area (Å²) in [6.07, 6.45) is 5.28. The molecule has 0 radical (unpaired) electrons. The van der Waals surface area contributed by atoms with Crippen LogP contribution in [0.3, 0.4) is 0 Å². The second kappa shape index (κ2) is 6.42. The zero-order chi connectivity index (χ0) is 15.6. The van der Waals surface area contributed by atoms with Crippen LogP contribution in [0.25, 0.3) is 10.9 Å². The second-order valence-corrected chi connectivity index (χ2v) is 6.94. The van der Waals surface area contributed by atoms with Gasteiger partial charge in [-0.3, -0.25) is 4.90 Å². The number of hydrogen-bond donors (Lipinski definition) is 2. The molecule has 1 aliphatic heterocycles. The molecular weight excluding hydrogens is 286 g/mol. The van der Waals surface area contributed by atoms with E-state index in [4.69, 9.17) is 5.73 Å². The smallest absolute Gasteiger partial charge is 0.145 e. The molecule has 2 fully saturated rings. The van der Waals surface area contributed by atoms with E-state index in [0.29, 0.717) is 11.9 Å². The third-order valence-corrected chi connectivity index (χ3v) is 5.02. The predicted molar refractivity (Wildman–Crippen MR) is 93.0 cm³/mol. The number of aromatic nitrogens is 2. The number of piperidine rings is 1. The van der Waals surface area contributed by atoms with Crippen molar-refractivity contribution in [2.45, 2.75) is 38.3 Å². The molecule has 23 heavy (non-hydrogen) atoms. The molecule has 5 heteroatoms. The van der Waals surface area contributed by atoms with Gasteiger partial charge in [0.15, 0.2) is 0 Å². The molecule has 0 spiro atoms. The summed E-state index contributed by atoms with van der Waals surface area (Å²) < 4.78 is 0. The molecule has 0 amide bonds. The number of anilines is 1. The van der Waals surface area contributed by atoms with Gasteiger partial charge in [-0.15, -0.1) is 0 Å². The number of benzene rings is 1. The molecule has 1 aromatic carbocycles. The zero-order valence-electron chi connectivity index (χ0n) is 13.5. The van der Waals surface area contributed by atoms with E-state index in [1.165, 1.54) is 32.2 Å². The van der Waals surface area contributed by atoms with Crippen LogP contribution in [-0.2, 0) is 6.54 Å². The molecule has 1 aliphatic carbocycles. The Labute approximate surface area is 137 Å². The lowest BCUT2D eigenvalue weighted by Crippen LogP contribution is -2.42. The van der Waals surface area contributed by atoms with Gasteiger partial charge in [0.1, 0.15) is 11.6 Å². The lowest BCUT2D eigenvalue weighted by molar-refractivity contribution is 0.186. The van der Waals surface area contributed by atoms with Gasteiger partial charge < -0.3 is 11.1 Å². The Morgan fingerprint density at radius 3 is 2.65 bits per heavy atom. The summed E-state index contributed by atoms with van der Waals surface area (Å²) in [5, 5.41) is 4.67. The number of nitrogens with two attached hydrogens (primary N) is 1. The van der Waals surface area contributed by atoms with E-state index >= 15 is 0 Å². The summed E-state index contributed by atoms with van der Waals surface area (Å²) in [4.78, 5) is 11.6.